The molecule has 0 aromatic carbocycles. The molecular formula is C20H30N4O. The van der Waals surface area contributed by atoms with Gasteiger partial charge in [0.25, 0.3) is 0 Å². The number of hydrogen-bond donors (Lipinski definition) is 1. The van der Waals surface area contributed by atoms with Crippen molar-refractivity contribution in [1.82, 2.24) is 14.9 Å². The molecule has 0 bridgehead atoms. The third kappa shape index (κ3) is 4.39. The molecule has 4 rings (SSSR count). The highest BCUT2D eigenvalue weighted by molar-refractivity contribution is 5.25. The van der Waals surface area contributed by atoms with E-state index in [1.807, 2.05) is 6.07 Å². The molecule has 1 spiro atoms. The molecule has 1 aromatic rings. The number of nitrogens with one attached hydrogen (secondary N) is 1. The second kappa shape index (κ2) is 7.83. The van der Waals surface area contributed by atoms with E-state index in [1.54, 1.807) is 12.4 Å². The first-order chi connectivity index (χ1) is 12.3. The van der Waals surface area contributed by atoms with E-state index in [1.165, 1.54) is 38.9 Å². The Morgan fingerprint density at radius 1 is 1.16 bits per heavy atom. The highest BCUT2D eigenvalue weighted by atomic mass is 16.5. The van der Waals surface area contributed by atoms with Crippen molar-refractivity contribution < 1.29 is 4.74 Å². The second-order valence-electron chi connectivity index (χ2n) is 7.89. The molecule has 2 saturated heterocycles. The minimum absolute atomic E-state index is 0.0632. The van der Waals surface area contributed by atoms with Crippen molar-refractivity contribution in [2.45, 2.75) is 56.6 Å². The van der Waals surface area contributed by atoms with Gasteiger partial charge >= 0.3 is 0 Å². The van der Waals surface area contributed by atoms with Crippen LogP contribution >= 0.6 is 0 Å². The Labute approximate surface area is 150 Å². The molecule has 136 valence electrons. The molecule has 0 unspecified atom stereocenters. The lowest BCUT2D eigenvalue weighted by atomic mass is 9.82. The highest BCUT2D eigenvalue weighted by Gasteiger charge is 2.40. The lowest BCUT2D eigenvalue weighted by molar-refractivity contribution is -0.115. The standard InChI is InChI=1S/C20H30N4O/c1-2-5-17(6-3-1)16-24-12-8-20(9-13-24)15-18(7-14-25-20)23-19-21-10-4-11-22-19/h1-2,4,10-11,17-18H,3,5-9,12-16H2,(H,21,22,23)/t17-,18-/m0/s1. The number of piperidine rings is 1. The number of allylic oxidation sites excluding steroid dienone is 2. The number of hydrogen-bond acceptors (Lipinski definition) is 5. The van der Waals surface area contributed by atoms with Crippen molar-refractivity contribution in [1.29, 1.82) is 0 Å². The van der Waals surface area contributed by atoms with Crippen LogP contribution < -0.4 is 5.32 Å². The van der Waals surface area contributed by atoms with E-state index < -0.39 is 0 Å². The summed E-state index contributed by atoms with van der Waals surface area (Å²) in [7, 11) is 0. The molecule has 3 heterocycles. The lowest BCUT2D eigenvalue weighted by Crippen LogP contribution is -2.52. The molecule has 25 heavy (non-hydrogen) atoms. The van der Waals surface area contributed by atoms with Crippen molar-refractivity contribution in [3.05, 3.63) is 30.6 Å². The van der Waals surface area contributed by atoms with Crippen molar-refractivity contribution >= 4 is 5.95 Å². The van der Waals surface area contributed by atoms with E-state index in [0.29, 0.717) is 6.04 Å². The monoisotopic (exact) mass is 342 g/mol. The van der Waals surface area contributed by atoms with E-state index in [2.05, 4.69) is 32.3 Å². The lowest BCUT2D eigenvalue weighted by Gasteiger charge is -2.46. The number of ether oxygens (including phenoxy) is 1. The summed E-state index contributed by atoms with van der Waals surface area (Å²) in [6.45, 7) is 4.46. The maximum absolute atomic E-state index is 6.29. The number of aromatic nitrogens is 2. The van der Waals surface area contributed by atoms with Crippen LogP contribution in [0.3, 0.4) is 0 Å². The van der Waals surface area contributed by atoms with E-state index in [0.717, 1.165) is 44.2 Å². The quantitative estimate of drug-likeness (QED) is 0.851. The average molecular weight is 342 g/mol. The molecule has 2 atom stereocenters. The Balaban J connectivity index is 1.28. The zero-order valence-corrected chi connectivity index (χ0v) is 15.1. The number of anilines is 1. The van der Waals surface area contributed by atoms with Crippen LogP contribution in [0, 0.1) is 5.92 Å². The fraction of sp³-hybridized carbons (Fsp3) is 0.700. The van der Waals surface area contributed by atoms with Gasteiger partial charge < -0.3 is 15.0 Å². The van der Waals surface area contributed by atoms with E-state index >= 15 is 0 Å². The van der Waals surface area contributed by atoms with Gasteiger partial charge in [0, 0.05) is 44.7 Å². The minimum atomic E-state index is 0.0632. The second-order valence-corrected chi connectivity index (χ2v) is 7.89. The largest absolute Gasteiger partial charge is 0.375 e. The Morgan fingerprint density at radius 3 is 2.76 bits per heavy atom. The van der Waals surface area contributed by atoms with Crippen LogP contribution in [-0.4, -0.2) is 52.8 Å². The summed E-state index contributed by atoms with van der Waals surface area (Å²) in [5, 5.41) is 3.51. The maximum atomic E-state index is 6.29. The molecule has 0 amide bonds. The van der Waals surface area contributed by atoms with Gasteiger partial charge in [-0.25, -0.2) is 9.97 Å². The molecule has 1 aromatic heterocycles. The summed E-state index contributed by atoms with van der Waals surface area (Å²) in [4.78, 5) is 11.3. The summed E-state index contributed by atoms with van der Waals surface area (Å²) in [5.41, 5.74) is 0.0632. The fourth-order valence-corrected chi connectivity index (χ4v) is 4.59. The van der Waals surface area contributed by atoms with Gasteiger partial charge in [-0.1, -0.05) is 12.2 Å². The van der Waals surface area contributed by atoms with Crippen LogP contribution in [0.15, 0.2) is 30.6 Å². The molecule has 2 aliphatic heterocycles. The normalized spacial score (nSPS) is 29.6. The fourth-order valence-electron chi connectivity index (χ4n) is 4.59. The first-order valence-corrected chi connectivity index (χ1v) is 9.86. The summed E-state index contributed by atoms with van der Waals surface area (Å²) in [5.74, 6) is 1.60. The van der Waals surface area contributed by atoms with Crippen LogP contribution in [0.5, 0.6) is 0 Å². The van der Waals surface area contributed by atoms with Crippen LogP contribution in [0.4, 0.5) is 5.95 Å². The van der Waals surface area contributed by atoms with Crippen molar-refractivity contribution in [2.75, 3.05) is 31.6 Å². The molecule has 5 nitrogen and oxygen atoms in total. The van der Waals surface area contributed by atoms with Gasteiger partial charge in [0.2, 0.25) is 5.95 Å². The molecule has 2 fully saturated rings. The Kier molecular flexibility index (Phi) is 5.32. The van der Waals surface area contributed by atoms with Gasteiger partial charge in [-0.05, 0) is 56.9 Å². The van der Waals surface area contributed by atoms with Crippen molar-refractivity contribution in [3.63, 3.8) is 0 Å². The third-order valence-electron chi connectivity index (χ3n) is 6.05. The van der Waals surface area contributed by atoms with E-state index in [9.17, 15) is 0 Å². The molecule has 1 aliphatic carbocycles. The van der Waals surface area contributed by atoms with Gasteiger partial charge in [0.15, 0.2) is 0 Å². The Morgan fingerprint density at radius 2 is 2.00 bits per heavy atom. The van der Waals surface area contributed by atoms with Crippen LogP contribution in [-0.2, 0) is 4.74 Å². The van der Waals surface area contributed by atoms with Crippen molar-refractivity contribution in [3.8, 4) is 0 Å². The summed E-state index contributed by atoms with van der Waals surface area (Å²) >= 11 is 0. The Hall–Kier alpha value is -1.46. The zero-order chi connectivity index (χ0) is 17.0. The van der Waals surface area contributed by atoms with Crippen LogP contribution in [0.1, 0.15) is 44.9 Å². The molecule has 1 N–H and O–H groups in total. The van der Waals surface area contributed by atoms with Crippen molar-refractivity contribution in [2.24, 2.45) is 5.92 Å². The topological polar surface area (TPSA) is 50.3 Å². The van der Waals surface area contributed by atoms with Gasteiger partial charge in [0.05, 0.1) is 5.60 Å². The number of rotatable bonds is 4. The average Bonchev–Trinajstić information content (AvgIpc) is 2.66. The first-order valence-electron chi connectivity index (χ1n) is 9.86. The van der Waals surface area contributed by atoms with Gasteiger partial charge in [-0.2, -0.15) is 0 Å². The Bertz CT molecular complexity index is 568. The summed E-state index contributed by atoms with van der Waals surface area (Å²) in [6, 6.07) is 2.28. The zero-order valence-electron chi connectivity index (χ0n) is 15.1. The number of nitrogens with zero attached hydrogens (tertiary/aromatic N) is 3. The molecule has 3 aliphatic rings. The van der Waals surface area contributed by atoms with Gasteiger partial charge in [0.1, 0.15) is 0 Å². The molecule has 5 heteroatoms. The summed E-state index contributed by atoms with van der Waals surface area (Å²) in [6.07, 6.45) is 16.6. The SMILES string of the molecule is C1=CC[C@H](CN2CCC3(CC2)C[C@@H](Nc2ncccn2)CCO3)CC1. The smallest absolute Gasteiger partial charge is 0.222 e. The first kappa shape index (κ1) is 17.0. The molecule has 0 radical (unpaired) electrons. The minimum Gasteiger partial charge on any atom is -0.375 e. The van der Waals surface area contributed by atoms with Gasteiger partial charge in [-0.3, -0.25) is 0 Å². The van der Waals surface area contributed by atoms with E-state index in [-0.39, 0.29) is 5.60 Å². The maximum Gasteiger partial charge on any atom is 0.222 e. The highest BCUT2D eigenvalue weighted by Crippen LogP contribution is 2.36. The van der Waals surface area contributed by atoms with Crippen LogP contribution in [0.2, 0.25) is 0 Å². The predicted octanol–water partition coefficient (Wildman–Crippen LogP) is 3.26. The van der Waals surface area contributed by atoms with Crippen LogP contribution in [0.25, 0.3) is 0 Å². The third-order valence-corrected chi connectivity index (χ3v) is 6.05. The van der Waals surface area contributed by atoms with Gasteiger partial charge in [-0.15, -0.1) is 0 Å². The number of likely N-dealkylation sites (tertiary alicyclic amines) is 1. The summed E-state index contributed by atoms with van der Waals surface area (Å²) < 4.78 is 6.29. The predicted molar refractivity (Wildman–Crippen MR) is 99.5 cm³/mol. The molecular weight excluding hydrogens is 312 g/mol. The van der Waals surface area contributed by atoms with E-state index in [4.69, 9.17) is 4.74 Å². The molecule has 0 saturated carbocycles.